The van der Waals surface area contributed by atoms with Crippen molar-refractivity contribution in [1.29, 1.82) is 0 Å². The number of thiophene rings is 1. The minimum atomic E-state index is -0.0907. The van der Waals surface area contributed by atoms with E-state index in [-0.39, 0.29) is 6.10 Å². The molecule has 1 aliphatic rings. The third kappa shape index (κ3) is 1.53. The topological polar surface area (TPSA) is 20.2 Å². The minimum absolute atomic E-state index is 0.0907. The van der Waals surface area contributed by atoms with Gasteiger partial charge in [0.2, 0.25) is 0 Å². The van der Waals surface area contributed by atoms with Crippen LogP contribution in [0.2, 0.25) is 0 Å². The lowest BCUT2D eigenvalue weighted by molar-refractivity contribution is 0.163. The highest BCUT2D eigenvalue weighted by atomic mass is 32.1. The molecule has 0 saturated heterocycles. The lowest BCUT2D eigenvalue weighted by Crippen LogP contribution is -2.11. The molecule has 0 aromatic carbocycles. The van der Waals surface area contributed by atoms with Gasteiger partial charge in [-0.2, -0.15) is 0 Å². The highest BCUT2D eigenvalue weighted by Gasteiger charge is 2.29. The Morgan fingerprint density at radius 2 is 2.15 bits per heavy atom. The molecule has 2 rings (SSSR count). The van der Waals surface area contributed by atoms with Crippen LogP contribution in [-0.2, 0) is 0 Å². The van der Waals surface area contributed by atoms with Crippen molar-refractivity contribution in [2.75, 3.05) is 0 Å². The summed E-state index contributed by atoms with van der Waals surface area (Å²) in [6, 6.07) is 0. The fraction of sp³-hybridized carbons (Fsp3) is 0.636. The van der Waals surface area contributed by atoms with Crippen molar-refractivity contribution in [3.8, 4) is 0 Å². The molecule has 1 N–H and O–H groups in total. The second-order valence-corrected chi connectivity index (χ2v) is 5.08. The first kappa shape index (κ1) is 9.22. The quantitative estimate of drug-likeness (QED) is 0.732. The molecule has 1 aromatic heterocycles. The summed E-state index contributed by atoms with van der Waals surface area (Å²) in [7, 11) is 0. The molecule has 2 unspecified atom stereocenters. The maximum atomic E-state index is 9.81. The Hall–Kier alpha value is -0.340. The van der Waals surface area contributed by atoms with Crippen molar-refractivity contribution in [1.82, 2.24) is 0 Å². The Morgan fingerprint density at radius 1 is 1.38 bits per heavy atom. The SMILES string of the molecule is Cc1csc(C)c1C1CCCC1O. The van der Waals surface area contributed by atoms with E-state index in [1.165, 1.54) is 28.8 Å². The van der Waals surface area contributed by atoms with Crippen LogP contribution in [0.5, 0.6) is 0 Å². The number of hydrogen-bond acceptors (Lipinski definition) is 2. The highest BCUT2D eigenvalue weighted by molar-refractivity contribution is 7.10. The van der Waals surface area contributed by atoms with Gasteiger partial charge in [0.25, 0.3) is 0 Å². The van der Waals surface area contributed by atoms with E-state index >= 15 is 0 Å². The van der Waals surface area contributed by atoms with E-state index in [2.05, 4.69) is 19.2 Å². The predicted octanol–water partition coefficient (Wildman–Crippen LogP) is 2.99. The Kier molecular flexibility index (Phi) is 2.43. The summed E-state index contributed by atoms with van der Waals surface area (Å²) < 4.78 is 0. The Morgan fingerprint density at radius 3 is 2.62 bits per heavy atom. The smallest absolute Gasteiger partial charge is 0.0609 e. The molecule has 0 aliphatic heterocycles. The largest absolute Gasteiger partial charge is 0.392 e. The first-order chi connectivity index (χ1) is 6.20. The summed E-state index contributed by atoms with van der Waals surface area (Å²) in [6.07, 6.45) is 3.24. The Labute approximate surface area is 83.4 Å². The lowest BCUT2D eigenvalue weighted by atomic mass is 9.93. The molecule has 0 radical (unpaired) electrons. The van der Waals surface area contributed by atoms with Crippen LogP contribution in [0.3, 0.4) is 0 Å². The van der Waals surface area contributed by atoms with Crippen LogP contribution in [-0.4, -0.2) is 11.2 Å². The van der Waals surface area contributed by atoms with Crippen molar-refractivity contribution in [3.63, 3.8) is 0 Å². The number of aryl methyl sites for hydroxylation is 2. The summed E-state index contributed by atoms with van der Waals surface area (Å²) in [4.78, 5) is 1.39. The average molecular weight is 196 g/mol. The average Bonchev–Trinajstić information content (AvgIpc) is 2.60. The van der Waals surface area contributed by atoms with Gasteiger partial charge in [0.15, 0.2) is 0 Å². The van der Waals surface area contributed by atoms with Crippen LogP contribution in [0.1, 0.15) is 41.2 Å². The maximum absolute atomic E-state index is 9.81. The van der Waals surface area contributed by atoms with Gasteiger partial charge in [-0.15, -0.1) is 11.3 Å². The van der Waals surface area contributed by atoms with Crippen molar-refractivity contribution in [2.45, 2.75) is 45.1 Å². The minimum Gasteiger partial charge on any atom is -0.392 e. The normalized spacial score (nSPS) is 28.2. The zero-order valence-corrected chi connectivity index (χ0v) is 9.03. The molecule has 1 aliphatic carbocycles. The molecule has 0 amide bonds. The van der Waals surface area contributed by atoms with Crippen LogP contribution in [0.4, 0.5) is 0 Å². The fourth-order valence-corrected chi connectivity index (χ4v) is 3.33. The van der Waals surface area contributed by atoms with Crippen molar-refractivity contribution in [2.24, 2.45) is 0 Å². The molecule has 2 heteroatoms. The Balaban J connectivity index is 2.33. The van der Waals surface area contributed by atoms with Gasteiger partial charge in [0.1, 0.15) is 0 Å². The summed E-state index contributed by atoms with van der Waals surface area (Å²) in [5.74, 6) is 0.422. The molecular weight excluding hydrogens is 180 g/mol. The fourth-order valence-electron chi connectivity index (χ4n) is 2.41. The third-order valence-electron chi connectivity index (χ3n) is 3.07. The highest BCUT2D eigenvalue weighted by Crippen LogP contribution is 2.39. The van der Waals surface area contributed by atoms with E-state index < -0.39 is 0 Å². The number of rotatable bonds is 1. The lowest BCUT2D eigenvalue weighted by Gasteiger charge is -2.15. The maximum Gasteiger partial charge on any atom is 0.0609 e. The monoisotopic (exact) mass is 196 g/mol. The standard InChI is InChI=1S/C11H16OS/c1-7-6-13-8(2)11(7)9-4-3-5-10(9)12/h6,9-10,12H,3-5H2,1-2H3. The van der Waals surface area contributed by atoms with Gasteiger partial charge in [0.05, 0.1) is 6.10 Å². The molecule has 1 heterocycles. The van der Waals surface area contributed by atoms with Gasteiger partial charge in [-0.25, -0.2) is 0 Å². The van der Waals surface area contributed by atoms with Gasteiger partial charge in [-0.05, 0) is 43.2 Å². The second-order valence-electron chi connectivity index (χ2n) is 3.99. The summed E-state index contributed by atoms with van der Waals surface area (Å²) in [6.45, 7) is 4.32. The van der Waals surface area contributed by atoms with E-state index in [1.54, 1.807) is 0 Å². The molecule has 1 nitrogen and oxygen atoms in total. The summed E-state index contributed by atoms with van der Waals surface area (Å²) in [5, 5.41) is 12.0. The number of aliphatic hydroxyl groups excluding tert-OH is 1. The van der Waals surface area contributed by atoms with Crippen LogP contribution in [0.25, 0.3) is 0 Å². The van der Waals surface area contributed by atoms with E-state index in [0.717, 1.165) is 6.42 Å². The molecule has 0 spiro atoms. The molecular formula is C11H16OS. The van der Waals surface area contributed by atoms with Crippen molar-refractivity contribution in [3.05, 3.63) is 21.4 Å². The summed E-state index contributed by atoms with van der Waals surface area (Å²) >= 11 is 1.81. The summed E-state index contributed by atoms with van der Waals surface area (Å²) in [5.41, 5.74) is 2.79. The molecule has 13 heavy (non-hydrogen) atoms. The van der Waals surface area contributed by atoms with Crippen LogP contribution < -0.4 is 0 Å². The molecule has 2 atom stereocenters. The molecule has 1 saturated carbocycles. The second kappa shape index (κ2) is 3.43. The number of aliphatic hydroxyl groups is 1. The van der Waals surface area contributed by atoms with Crippen LogP contribution >= 0.6 is 11.3 Å². The molecule has 0 bridgehead atoms. The van der Waals surface area contributed by atoms with E-state index in [4.69, 9.17) is 0 Å². The van der Waals surface area contributed by atoms with Gasteiger partial charge in [0, 0.05) is 10.8 Å². The first-order valence-electron chi connectivity index (χ1n) is 4.93. The third-order valence-corrected chi connectivity index (χ3v) is 4.11. The first-order valence-corrected chi connectivity index (χ1v) is 5.80. The molecule has 1 fully saturated rings. The number of hydrogen-bond donors (Lipinski definition) is 1. The van der Waals surface area contributed by atoms with Crippen LogP contribution in [0.15, 0.2) is 5.38 Å². The van der Waals surface area contributed by atoms with Crippen molar-refractivity contribution >= 4 is 11.3 Å². The zero-order chi connectivity index (χ0) is 9.42. The molecule has 72 valence electrons. The zero-order valence-electron chi connectivity index (χ0n) is 8.21. The van der Waals surface area contributed by atoms with Gasteiger partial charge in [-0.1, -0.05) is 6.42 Å². The van der Waals surface area contributed by atoms with Gasteiger partial charge >= 0.3 is 0 Å². The van der Waals surface area contributed by atoms with Crippen molar-refractivity contribution < 1.29 is 5.11 Å². The van der Waals surface area contributed by atoms with Crippen LogP contribution in [0, 0.1) is 13.8 Å². The van der Waals surface area contributed by atoms with E-state index in [0.29, 0.717) is 5.92 Å². The predicted molar refractivity (Wildman–Crippen MR) is 56.4 cm³/mol. The van der Waals surface area contributed by atoms with Gasteiger partial charge in [-0.3, -0.25) is 0 Å². The molecule has 1 aromatic rings. The van der Waals surface area contributed by atoms with E-state index in [1.807, 2.05) is 11.3 Å². The van der Waals surface area contributed by atoms with Gasteiger partial charge < -0.3 is 5.11 Å². The van der Waals surface area contributed by atoms with E-state index in [9.17, 15) is 5.11 Å². The Bertz CT molecular complexity index is 284.